The van der Waals surface area contributed by atoms with E-state index in [0.717, 1.165) is 0 Å². The lowest BCUT2D eigenvalue weighted by molar-refractivity contribution is 0.0787. The van der Waals surface area contributed by atoms with E-state index in [1.165, 1.54) is 10.8 Å². The molecule has 3 aromatic rings. The van der Waals surface area contributed by atoms with Gasteiger partial charge in [-0.1, -0.05) is 6.07 Å². The van der Waals surface area contributed by atoms with E-state index >= 15 is 0 Å². The van der Waals surface area contributed by atoms with Crippen LogP contribution in [0.5, 0.6) is 0 Å². The van der Waals surface area contributed by atoms with Crippen LogP contribution < -0.4 is 11.4 Å². The number of nitrogen functional groups attached to an aromatic ring is 1. The zero-order chi connectivity index (χ0) is 15.2. The van der Waals surface area contributed by atoms with Gasteiger partial charge in [0.25, 0.3) is 0 Å². The summed E-state index contributed by atoms with van der Waals surface area (Å²) in [5, 5.41) is 10.1. The van der Waals surface area contributed by atoms with Gasteiger partial charge < -0.3 is 15.8 Å². The molecule has 0 aliphatic heterocycles. The maximum Gasteiger partial charge on any atom is 0.332 e. The van der Waals surface area contributed by atoms with Crippen molar-refractivity contribution in [3.8, 4) is 5.82 Å². The SMILES string of the molecule is CC(C)(O)c1ccc2[nH]c(=O)n(-c3ccnc(N)n3)c2c1. The van der Waals surface area contributed by atoms with Gasteiger partial charge in [-0.05, 0) is 31.5 Å². The highest BCUT2D eigenvalue weighted by Gasteiger charge is 2.18. The van der Waals surface area contributed by atoms with Crippen molar-refractivity contribution in [1.29, 1.82) is 0 Å². The van der Waals surface area contributed by atoms with Gasteiger partial charge in [-0.15, -0.1) is 0 Å². The molecule has 2 heterocycles. The third-order valence-corrected chi connectivity index (χ3v) is 3.28. The zero-order valence-corrected chi connectivity index (χ0v) is 11.7. The second-order valence-electron chi connectivity index (χ2n) is 5.33. The normalized spacial score (nSPS) is 12.0. The topological polar surface area (TPSA) is 110 Å². The van der Waals surface area contributed by atoms with Gasteiger partial charge in [-0.3, -0.25) is 0 Å². The molecule has 0 bridgehead atoms. The smallest absolute Gasteiger partial charge is 0.332 e. The molecular weight excluding hydrogens is 270 g/mol. The van der Waals surface area contributed by atoms with Crippen LogP contribution in [0.1, 0.15) is 19.4 Å². The number of nitrogens with one attached hydrogen (secondary N) is 1. The van der Waals surface area contributed by atoms with E-state index in [1.807, 2.05) is 0 Å². The quantitative estimate of drug-likeness (QED) is 0.648. The number of H-pyrrole nitrogens is 1. The van der Waals surface area contributed by atoms with Crippen molar-refractivity contribution in [2.45, 2.75) is 19.4 Å². The zero-order valence-electron chi connectivity index (χ0n) is 11.7. The molecule has 0 unspecified atom stereocenters. The van der Waals surface area contributed by atoms with Crippen molar-refractivity contribution in [1.82, 2.24) is 19.5 Å². The first-order chi connectivity index (χ1) is 9.86. The molecule has 7 heteroatoms. The Morgan fingerprint density at radius 3 is 2.76 bits per heavy atom. The summed E-state index contributed by atoms with van der Waals surface area (Å²) >= 11 is 0. The predicted molar refractivity (Wildman–Crippen MR) is 79.1 cm³/mol. The Hall–Kier alpha value is -2.67. The van der Waals surface area contributed by atoms with Crippen LogP contribution in [0.4, 0.5) is 5.95 Å². The van der Waals surface area contributed by atoms with E-state index in [9.17, 15) is 9.90 Å². The number of aliphatic hydroxyl groups is 1. The van der Waals surface area contributed by atoms with Crippen LogP contribution in [0, 0.1) is 0 Å². The van der Waals surface area contributed by atoms with Crippen molar-refractivity contribution < 1.29 is 5.11 Å². The second-order valence-corrected chi connectivity index (χ2v) is 5.33. The highest BCUT2D eigenvalue weighted by Crippen LogP contribution is 2.24. The summed E-state index contributed by atoms with van der Waals surface area (Å²) in [7, 11) is 0. The largest absolute Gasteiger partial charge is 0.386 e. The number of nitrogens with two attached hydrogens (primary N) is 1. The molecule has 108 valence electrons. The van der Waals surface area contributed by atoms with Gasteiger partial charge in [0.2, 0.25) is 5.95 Å². The standard InChI is InChI=1S/C14H15N5O2/c1-14(2,21)8-3-4-9-10(7-8)19(13(20)17-9)11-5-6-16-12(15)18-11/h3-7,21H,1-2H3,(H,17,20)(H2,15,16,18). The number of anilines is 1. The van der Waals surface area contributed by atoms with Crippen LogP contribution in [0.25, 0.3) is 16.9 Å². The summed E-state index contributed by atoms with van der Waals surface area (Å²) < 4.78 is 1.41. The van der Waals surface area contributed by atoms with Crippen LogP contribution in [0.3, 0.4) is 0 Å². The highest BCUT2D eigenvalue weighted by molar-refractivity contribution is 5.78. The number of rotatable bonds is 2. The molecule has 0 fully saturated rings. The maximum atomic E-state index is 12.2. The number of fused-ring (bicyclic) bond motifs is 1. The lowest BCUT2D eigenvalue weighted by Gasteiger charge is -2.17. The Morgan fingerprint density at radius 1 is 1.33 bits per heavy atom. The van der Waals surface area contributed by atoms with E-state index in [-0.39, 0.29) is 11.6 Å². The van der Waals surface area contributed by atoms with Crippen LogP contribution in [0.2, 0.25) is 0 Å². The first-order valence-electron chi connectivity index (χ1n) is 6.43. The summed E-state index contributed by atoms with van der Waals surface area (Å²) in [6.45, 7) is 3.37. The van der Waals surface area contributed by atoms with Crippen molar-refractivity contribution in [3.05, 3.63) is 46.5 Å². The van der Waals surface area contributed by atoms with Crippen molar-refractivity contribution in [2.24, 2.45) is 0 Å². The Labute approximate surface area is 120 Å². The summed E-state index contributed by atoms with van der Waals surface area (Å²) in [5.41, 5.74) is 6.22. The Balaban J connectivity index is 2.32. The average molecular weight is 285 g/mol. The number of hydrogen-bond donors (Lipinski definition) is 3. The van der Waals surface area contributed by atoms with Crippen LogP contribution in [-0.4, -0.2) is 24.6 Å². The molecule has 1 aromatic carbocycles. The molecule has 0 aliphatic rings. The number of aromatic amines is 1. The number of hydrogen-bond acceptors (Lipinski definition) is 5. The van der Waals surface area contributed by atoms with Crippen molar-refractivity contribution in [2.75, 3.05) is 5.73 Å². The lowest BCUT2D eigenvalue weighted by atomic mass is 9.98. The minimum absolute atomic E-state index is 0.0902. The molecule has 0 amide bonds. The fraction of sp³-hybridized carbons (Fsp3) is 0.214. The monoisotopic (exact) mass is 285 g/mol. The molecule has 2 aromatic heterocycles. The van der Waals surface area contributed by atoms with Crippen molar-refractivity contribution >= 4 is 17.0 Å². The van der Waals surface area contributed by atoms with Crippen LogP contribution in [0.15, 0.2) is 35.3 Å². The molecule has 0 saturated carbocycles. The molecule has 0 atom stereocenters. The van der Waals surface area contributed by atoms with E-state index in [1.54, 1.807) is 38.1 Å². The molecule has 3 rings (SSSR count). The van der Waals surface area contributed by atoms with E-state index in [0.29, 0.717) is 22.4 Å². The van der Waals surface area contributed by atoms with Gasteiger partial charge in [-0.25, -0.2) is 14.3 Å². The van der Waals surface area contributed by atoms with Gasteiger partial charge in [0, 0.05) is 12.3 Å². The molecule has 4 N–H and O–H groups in total. The first kappa shape index (κ1) is 13.3. The Morgan fingerprint density at radius 2 is 2.10 bits per heavy atom. The molecule has 7 nitrogen and oxygen atoms in total. The fourth-order valence-corrected chi connectivity index (χ4v) is 2.20. The second kappa shape index (κ2) is 4.42. The molecule has 0 saturated heterocycles. The van der Waals surface area contributed by atoms with E-state index in [4.69, 9.17) is 5.73 Å². The van der Waals surface area contributed by atoms with Crippen LogP contribution >= 0.6 is 0 Å². The Kier molecular flexibility index (Phi) is 2.80. The summed E-state index contributed by atoms with van der Waals surface area (Å²) in [5.74, 6) is 0.471. The highest BCUT2D eigenvalue weighted by atomic mass is 16.3. The van der Waals surface area contributed by atoms with Gasteiger partial charge in [-0.2, -0.15) is 4.98 Å². The lowest BCUT2D eigenvalue weighted by Crippen LogP contribution is -2.17. The Bertz CT molecular complexity index is 873. The van der Waals surface area contributed by atoms with Gasteiger partial charge in [0.1, 0.15) is 5.82 Å². The molecule has 0 aliphatic carbocycles. The molecule has 0 radical (unpaired) electrons. The third kappa shape index (κ3) is 2.27. The van der Waals surface area contributed by atoms with Crippen LogP contribution in [-0.2, 0) is 5.60 Å². The number of nitrogens with zero attached hydrogens (tertiary/aromatic N) is 3. The first-order valence-corrected chi connectivity index (χ1v) is 6.43. The van der Waals surface area contributed by atoms with Gasteiger partial charge in [0.15, 0.2) is 0 Å². The van der Waals surface area contributed by atoms with Gasteiger partial charge >= 0.3 is 5.69 Å². The van der Waals surface area contributed by atoms with E-state index < -0.39 is 5.60 Å². The summed E-state index contributed by atoms with van der Waals surface area (Å²) in [4.78, 5) is 22.8. The summed E-state index contributed by atoms with van der Waals surface area (Å²) in [6, 6.07) is 6.88. The van der Waals surface area contributed by atoms with E-state index in [2.05, 4.69) is 15.0 Å². The summed E-state index contributed by atoms with van der Waals surface area (Å²) in [6.07, 6.45) is 1.49. The molecular formula is C14H15N5O2. The maximum absolute atomic E-state index is 12.2. The minimum atomic E-state index is -1.00. The molecule has 0 spiro atoms. The fourth-order valence-electron chi connectivity index (χ4n) is 2.20. The average Bonchev–Trinajstić information content (AvgIpc) is 2.72. The number of benzene rings is 1. The third-order valence-electron chi connectivity index (χ3n) is 3.28. The minimum Gasteiger partial charge on any atom is -0.386 e. The van der Waals surface area contributed by atoms with Crippen molar-refractivity contribution in [3.63, 3.8) is 0 Å². The number of imidazole rings is 1. The predicted octanol–water partition coefficient (Wildman–Crippen LogP) is 0.918. The van der Waals surface area contributed by atoms with Gasteiger partial charge in [0.05, 0.1) is 16.6 Å². The molecule has 21 heavy (non-hydrogen) atoms. The number of aromatic nitrogens is 4.